The van der Waals surface area contributed by atoms with E-state index in [2.05, 4.69) is 173 Å². The summed E-state index contributed by atoms with van der Waals surface area (Å²) in [5.74, 6) is 0. The van der Waals surface area contributed by atoms with E-state index < -0.39 is 0 Å². The SMILES string of the molecule is C=C(C(=C(c1ccc(N(C)C)cc1)c1ccc(N(C)C)cc1)c1ccc(N(C)C)cc1)c1ccc(N(C)C)cc1. The van der Waals surface area contributed by atoms with E-state index in [4.69, 9.17) is 6.58 Å². The maximum Gasteiger partial charge on any atom is 0.0361 e. The van der Waals surface area contributed by atoms with E-state index in [0.29, 0.717) is 0 Å². The third-order valence-corrected chi connectivity index (χ3v) is 7.30. The van der Waals surface area contributed by atoms with Crippen LogP contribution in [0.5, 0.6) is 0 Å². The Morgan fingerprint density at radius 3 is 0.900 bits per heavy atom. The third-order valence-electron chi connectivity index (χ3n) is 7.30. The molecule has 4 heteroatoms. The molecule has 4 nitrogen and oxygen atoms in total. The van der Waals surface area contributed by atoms with Crippen molar-refractivity contribution in [2.45, 2.75) is 0 Å². The van der Waals surface area contributed by atoms with E-state index in [1.54, 1.807) is 0 Å². The Hall–Kier alpha value is -4.44. The van der Waals surface area contributed by atoms with Gasteiger partial charge in [-0.2, -0.15) is 0 Å². The van der Waals surface area contributed by atoms with E-state index >= 15 is 0 Å². The summed E-state index contributed by atoms with van der Waals surface area (Å²) in [6, 6.07) is 35.1. The van der Waals surface area contributed by atoms with Gasteiger partial charge in [-0.3, -0.25) is 0 Å². The standard InChI is InChI=1S/C36H42N4/c1-26(27-10-18-31(19-11-27)37(2)3)35(28-12-20-32(21-13-28)38(4)5)36(29-14-22-33(23-15-29)39(6)7)30-16-24-34(25-17-30)40(8)9/h10-25H,1H2,2-9H3. The highest BCUT2D eigenvalue weighted by Gasteiger charge is 2.19. The monoisotopic (exact) mass is 530 g/mol. The summed E-state index contributed by atoms with van der Waals surface area (Å²) < 4.78 is 0. The van der Waals surface area contributed by atoms with Gasteiger partial charge in [-0.25, -0.2) is 0 Å². The first-order chi connectivity index (χ1) is 19.1. The normalized spacial score (nSPS) is 10.6. The van der Waals surface area contributed by atoms with E-state index in [9.17, 15) is 0 Å². The fourth-order valence-electron chi connectivity index (χ4n) is 4.81. The first kappa shape index (κ1) is 28.6. The fraction of sp³-hybridized carbons (Fsp3) is 0.222. The molecule has 0 amide bonds. The molecule has 0 atom stereocenters. The van der Waals surface area contributed by atoms with Crippen molar-refractivity contribution >= 4 is 39.5 Å². The second-order valence-electron chi connectivity index (χ2n) is 11.0. The Morgan fingerprint density at radius 1 is 0.375 bits per heavy atom. The maximum absolute atomic E-state index is 4.70. The van der Waals surface area contributed by atoms with Crippen molar-refractivity contribution < 1.29 is 0 Å². The first-order valence-corrected chi connectivity index (χ1v) is 13.6. The van der Waals surface area contributed by atoms with Crippen LogP contribution in [0.1, 0.15) is 22.3 Å². The van der Waals surface area contributed by atoms with E-state index in [1.165, 1.54) is 11.4 Å². The average molecular weight is 531 g/mol. The molecular weight excluding hydrogens is 488 g/mol. The van der Waals surface area contributed by atoms with Crippen molar-refractivity contribution in [1.29, 1.82) is 0 Å². The van der Waals surface area contributed by atoms with E-state index in [-0.39, 0.29) is 0 Å². The zero-order valence-electron chi connectivity index (χ0n) is 25.2. The number of benzene rings is 4. The molecule has 206 valence electrons. The molecule has 4 aromatic carbocycles. The molecule has 0 saturated heterocycles. The number of hydrogen-bond donors (Lipinski definition) is 0. The first-order valence-electron chi connectivity index (χ1n) is 13.6. The predicted octanol–water partition coefficient (Wildman–Crippen LogP) is 7.62. The molecule has 0 heterocycles. The zero-order valence-corrected chi connectivity index (χ0v) is 25.2. The molecule has 0 unspecified atom stereocenters. The molecule has 0 aliphatic heterocycles. The minimum atomic E-state index is 0.992. The number of allylic oxidation sites excluding steroid dienone is 2. The second-order valence-corrected chi connectivity index (χ2v) is 11.0. The predicted molar refractivity (Wildman–Crippen MR) is 178 cm³/mol. The summed E-state index contributed by atoms with van der Waals surface area (Å²) >= 11 is 0. The summed E-state index contributed by atoms with van der Waals surface area (Å²) in [5, 5.41) is 0. The van der Waals surface area contributed by atoms with Gasteiger partial charge in [0.2, 0.25) is 0 Å². The third kappa shape index (κ3) is 6.23. The van der Waals surface area contributed by atoms with Gasteiger partial charge in [0.05, 0.1) is 0 Å². The summed E-state index contributed by atoms with van der Waals surface area (Å²) in [5.41, 5.74) is 12.5. The van der Waals surface area contributed by atoms with Gasteiger partial charge in [0.25, 0.3) is 0 Å². The molecule has 0 aliphatic rings. The topological polar surface area (TPSA) is 13.0 Å². The Morgan fingerprint density at radius 2 is 0.625 bits per heavy atom. The molecule has 0 saturated carbocycles. The van der Waals surface area contributed by atoms with Crippen LogP contribution < -0.4 is 19.6 Å². The van der Waals surface area contributed by atoms with Crippen molar-refractivity contribution in [2.24, 2.45) is 0 Å². The highest BCUT2D eigenvalue weighted by atomic mass is 15.1. The van der Waals surface area contributed by atoms with Crippen molar-refractivity contribution in [3.63, 3.8) is 0 Å². The maximum atomic E-state index is 4.70. The van der Waals surface area contributed by atoms with E-state index in [0.717, 1.165) is 50.3 Å². The van der Waals surface area contributed by atoms with Crippen LogP contribution in [0.15, 0.2) is 104 Å². The minimum absolute atomic E-state index is 0.992. The van der Waals surface area contributed by atoms with Crippen LogP contribution >= 0.6 is 0 Å². The van der Waals surface area contributed by atoms with Gasteiger partial charge in [-0.15, -0.1) is 0 Å². The van der Waals surface area contributed by atoms with Crippen LogP contribution in [-0.4, -0.2) is 56.4 Å². The molecule has 0 radical (unpaired) electrons. The Bertz CT molecular complexity index is 1400. The Kier molecular flexibility index (Phi) is 8.69. The average Bonchev–Trinajstić information content (AvgIpc) is 2.95. The van der Waals surface area contributed by atoms with Crippen LogP contribution in [0.2, 0.25) is 0 Å². The van der Waals surface area contributed by atoms with Gasteiger partial charge < -0.3 is 19.6 Å². The number of rotatable bonds is 9. The van der Waals surface area contributed by atoms with Crippen LogP contribution in [-0.2, 0) is 0 Å². The van der Waals surface area contributed by atoms with Crippen molar-refractivity contribution in [3.05, 3.63) is 126 Å². The molecule has 0 N–H and O–H groups in total. The minimum Gasteiger partial charge on any atom is -0.378 e. The smallest absolute Gasteiger partial charge is 0.0361 e. The van der Waals surface area contributed by atoms with Gasteiger partial charge in [0.1, 0.15) is 0 Å². The van der Waals surface area contributed by atoms with Crippen LogP contribution in [0.4, 0.5) is 22.7 Å². The summed E-state index contributed by atoms with van der Waals surface area (Å²) in [4.78, 5) is 8.51. The quantitative estimate of drug-likeness (QED) is 0.163. The molecule has 0 aromatic heterocycles. The molecule has 0 spiro atoms. The lowest BCUT2D eigenvalue weighted by Crippen LogP contribution is -2.09. The summed E-state index contributed by atoms with van der Waals surface area (Å²) in [6.07, 6.45) is 0. The molecule has 40 heavy (non-hydrogen) atoms. The van der Waals surface area contributed by atoms with Gasteiger partial charge in [-0.05, 0) is 87.5 Å². The lowest BCUT2D eigenvalue weighted by molar-refractivity contribution is 1.13. The lowest BCUT2D eigenvalue weighted by atomic mass is 9.83. The molecule has 4 rings (SSSR count). The summed E-state index contributed by atoms with van der Waals surface area (Å²) in [6.45, 7) is 4.70. The molecule has 0 aliphatic carbocycles. The number of hydrogen-bond acceptors (Lipinski definition) is 4. The number of anilines is 4. The zero-order chi connectivity index (χ0) is 29.0. The second kappa shape index (κ2) is 12.2. The highest BCUT2D eigenvalue weighted by molar-refractivity contribution is 6.17. The molecular formula is C36H42N4. The van der Waals surface area contributed by atoms with Gasteiger partial charge >= 0.3 is 0 Å². The number of nitrogens with zero attached hydrogens (tertiary/aromatic N) is 4. The largest absolute Gasteiger partial charge is 0.378 e. The highest BCUT2D eigenvalue weighted by Crippen LogP contribution is 2.41. The van der Waals surface area contributed by atoms with Crippen LogP contribution in [0, 0.1) is 0 Å². The Balaban J connectivity index is 2.01. The van der Waals surface area contributed by atoms with Crippen molar-refractivity contribution in [2.75, 3.05) is 76.0 Å². The van der Waals surface area contributed by atoms with Crippen LogP contribution in [0.25, 0.3) is 16.7 Å². The molecule has 0 bridgehead atoms. The molecule has 0 fully saturated rings. The van der Waals surface area contributed by atoms with Gasteiger partial charge in [0, 0.05) is 79.1 Å². The van der Waals surface area contributed by atoms with Crippen LogP contribution in [0.3, 0.4) is 0 Å². The summed E-state index contributed by atoms with van der Waals surface area (Å²) in [7, 11) is 16.6. The van der Waals surface area contributed by atoms with Crippen molar-refractivity contribution in [1.82, 2.24) is 0 Å². The van der Waals surface area contributed by atoms with Crippen molar-refractivity contribution in [3.8, 4) is 0 Å². The van der Waals surface area contributed by atoms with E-state index in [1.807, 2.05) is 0 Å². The fourth-order valence-corrected chi connectivity index (χ4v) is 4.81. The molecule has 4 aromatic rings. The Labute approximate surface area is 241 Å². The lowest BCUT2D eigenvalue weighted by Gasteiger charge is -2.22. The van der Waals surface area contributed by atoms with Gasteiger partial charge in [0.15, 0.2) is 0 Å². The van der Waals surface area contributed by atoms with Gasteiger partial charge in [-0.1, -0.05) is 55.1 Å².